The van der Waals surface area contributed by atoms with E-state index >= 15 is 0 Å². The summed E-state index contributed by atoms with van der Waals surface area (Å²) in [5.74, 6) is 0.0653. The van der Waals surface area contributed by atoms with Crippen molar-refractivity contribution in [3.8, 4) is 17.2 Å². The Morgan fingerprint density at radius 2 is 1.60 bits per heavy atom. The van der Waals surface area contributed by atoms with E-state index in [1.54, 1.807) is 6.07 Å². The summed E-state index contributed by atoms with van der Waals surface area (Å²) < 4.78 is 10.4. The Kier molecular flexibility index (Phi) is 10.5. The van der Waals surface area contributed by atoms with Crippen molar-refractivity contribution < 1.29 is 24.5 Å². The van der Waals surface area contributed by atoms with Gasteiger partial charge in [-0.3, -0.25) is 0 Å². The second kappa shape index (κ2) is 12.5. The molecule has 5 heteroatoms. The highest BCUT2D eigenvalue weighted by Gasteiger charge is 2.17. The highest BCUT2D eigenvalue weighted by Crippen LogP contribution is 2.40. The van der Waals surface area contributed by atoms with E-state index in [1.165, 1.54) is 31.7 Å². The molecule has 0 atom stereocenters. The number of phenols is 1. The molecule has 1 aromatic carbocycles. The number of aromatic hydroxyl groups is 1. The van der Waals surface area contributed by atoms with Crippen molar-refractivity contribution in [2.75, 3.05) is 6.61 Å². The van der Waals surface area contributed by atoms with Crippen molar-refractivity contribution in [3.63, 3.8) is 0 Å². The van der Waals surface area contributed by atoms with E-state index in [9.17, 15) is 9.90 Å². The average Bonchev–Trinajstić information content (AvgIpc) is 2.58. The van der Waals surface area contributed by atoms with Crippen LogP contribution in [0.3, 0.4) is 0 Å². The van der Waals surface area contributed by atoms with Crippen LogP contribution in [0.4, 0.5) is 4.79 Å². The molecule has 0 saturated carbocycles. The number of hydrogen-bond donors (Lipinski definition) is 2. The molecule has 0 bridgehead atoms. The van der Waals surface area contributed by atoms with E-state index in [1.807, 2.05) is 0 Å². The van der Waals surface area contributed by atoms with Crippen LogP contribution < -0.4 is 9.47 Å². The zero-order valence-corrected chi connectivity index (χ0v) is 15.6. The Morgan fingerprint density at radius 1 is 0.960 bits per heavy atom. The standard InChI is InChI=1S/C20H32O5/c1-3-5-7-8-9-10-12-16-13-14-17(25-20(22)23)18(21)19(16)24-15-11-6-4-2/h13-14,21H,3-12,15H2,1-2H3,(H,22,23). The SMILES string of the molecule is CCCCCCCCc1ccc(OC(=O)O)c(O)c1OCCCCC. The molecule has 5 nitrogen and oxygen atoms in total. The zero-order chi connectivity index (χ0) is 18.5. The largest absolute Gasteiger partial charge is 0.511 e. The van der Waals surface area contributed by atoms with Gasteiger partial charge in [-0.2, -0.15) is 0 Å². The Labute approximate surface area is 151 Å². The van der Waals surface area contributed by atoms with E-state index in [0.29, 0.717) is 12.4 Å². The van der Waals surface area contributed by atoms with Crippen molar-refractivity contribution in [1.29, 1.82) is 0 Å². The van der Waals surface area contributed by atoms with Gasteiger partial charge in [0.15, 0.2) is 11.5 Å². The van der Waals surface area contributed by atoms with E-state index in [4.69, 9.17) is 9.84 Å². The van der Waals surface area contributed by atoms with Crippen molar-refractivity contribution >= 4 is 6.16 Å². The fraction of sp³-hybridized carbons (Fsp3) is 0.650. The van der Waals surface area contributed by atoms with E-state index in [0.717, 1.165) is 44.1 Å². The third-order valence-corrected chi connectivity index (χ3v) is 4.17. The first-order valence-electron chi connectivity index (χ1n) is 9.48. The maximum atomic E-state index is 10.7. The highest BCUT2D eigenvalue weighted by molar-refractivity contribution is 5.65. The maximum absolute atomic E-state index is 10.7. The topological polar surface area (TPSA) is 76.0 Å². The molecule has 1 rings (SSSR count). The van der Waals surface area contributed by atoms with Gasteiger partial charge in [0.1, 0.15) is 0 Å². The Hall–Kier alpha value is -1.91. The minimum absolute atomic E-state index is 0.0790. The molecular weight excluding hydrogens is 320 g/mol. The van der Waals surface area contributed by atoms with Crippen LogP contribution in [0.5, 0.6) is 17.2 Å². The third kappa shape index (κ3) is 8.14. The first-order chi connectivity index (χ1) is 12.1. The van der Waals surface area contributed by atoms with Gasteiger partial charge in [0.2, 0.25) is 5.75 Å². The van der Waals surface area contributed by atoms with Crippen molar-refractivity contribution in [2.45, 2.75) is 78.1 Å². The molecule has 0 amide bonds. The summed E-state index contributed by atoms with van der Waals surface area (Å²) in [6.45, 7) is 4.82. The number of unbranched alkanes of at least 4 members (excludes halogenated alkanes) is 7. The highest BCUT2D eigenvalue weighted by atomic mass is 16.7. The van der Waals surface area contributed by atoms with Crippen LogP contribution in [-0.2, 0) is 6.42 Å². The molecule has 2 N–H and O–H groups in total. The second-order valence-corrected chi connectivity index (χ2v) is 6.34. The van der Waals surface area contributed by atoms with Crippen LogP contribution in [0.15, 0.2) is 12.1 Å². The number of hydrogen-bond acceptors (Lipinski definition) is 4. The van der Waals surface area contributed by atoms with Crippen LogP contribution in [0.1, 0.15) is 77.2 Å². The van der Waals surface area contributed by atoms with Crippen molar-refractivity contribution in [2.24, 2.45) is 0 Å². The van der Waals surface area contributed by atoms with Gasteiger partial charge in [-0.15, -0.1) is 0 Å². The first-order valence-corrected chi connectivity index (χ1v) is 9.48. The van der Waals surface area contributed by atoms with Crippen LogP contribution in [-0.4, -0.2) is 23.0 Å². The van der Waals surface area contributed by atoms with Crippen LogP contribution in [0.25, 0.3) is 0 Å². The van der Waals surface area contributed by atoms with E-state index in [2.05, 4.69) is 18.6 Å². The zero-order valence-electron chi connectivity index (χ0n) is 15.6. The average molecular weight is 352 g/mol. The smallest absolute Gasteiger partial charge is 0.502 e. The monoisotopic (exact) mass is 352 g/mol. The Bertz CT molecular complexity index is 513. The first kappa shape index (κ1) is 21.1. The molecule has 142 valence electrons. The van der Waals surface area contributed by atoms with Gasteiger partial charge in [-0.1, -0.05) is 64.9 Å². The normalized spacial score (nSPS) is 10.6. The Morgan fingerprint density at radius 3 is 2.28 bits per heavy atom. The van der Waals surface area contributed by atoms with Gasteiger partial charge in [0, 0.05) is 0 Å². The predicted octanol–water partition coefficient (Wildman–Crippen LogP) is 5.92. The summed E-state index contributed by atoms with van der Waals surface area (Å²) in [5.41, 5.74) is 0.905. The van der Waals surface area contributed by atoms with Crippen molar-refractivity contribution in [3.05, 3.63) is 17.7 Å². The van der Waals surface area contributed by atoms with Gasteiger partial charge >= 0.3 is 6.16 Å². The molecule has 0 aliphatic heterocycles. The molecule has 0 radical (unpaired) electrons. The lowest BCUT2D eigenvalue weighted by atomic mass is 10.0. The van der Waals surface area contributed by atoms with Gasteiger partial charge in [-0.25, -0.2) is 4.79 Å². The molecule has 0 aromatic heterocycles. The fourth-order valence-corrected chi connectivity index (χ4v) is 2.75. The van der Waals surface area contributed by atoms with Crippen LogP contribution in [0, 0.1) is 0 Å². The number of aryl methyl sites for hydroxylation is 1. The summed E-state index contributed by atoms with van der Waals surface area (Å²) in [4.78, 5) is 10.7. The molecule has 0 unspecified atom stereocenters. The van der Waals surface area contributed by atoms with E-state index in [-0.39, 0.29) is 11.5 Å². The summed E-state index contributed by atoms with van der Waals surface area (Å²) in [6, 6.07) is 3.29. The summed E-state index contributed by atoms with van der Waals surface area (Å²) in [5, 5.41) is 19.1. The quantitative estimate of drug-likeness (QED) is 0.262. The Balaban J connectivity index is 2.72. The van der Waals surface area contributed by atoms with Crippen LogP contribution in [0.2, 0.25) is 0 Å². The lowest BCUT2D eigenvalue weighted by Crippen LogP contribution is -2.06. The molecule has 25 heavy (non-hydrogen) atoms. The van der Waals surface area contributed by atoms with Gasteiger partial charge in [0.25, 0.3) is 0 Å². The van der Waals surface area contributed by atoms with Gasteiger partial charge < -0.3 is 19.7 Å². The number of carboxylic acid groups (broad SMARTS) is 1. The molecule has 0 spiro atoms. The number of rotatable bonds is 13. The van der Waals surface area contributed by atoms with Crippen molar-refractivity contribution in [1.82, 2.24) is 0 Å². The summed E-state index contributed by atoms with van der Waals surface area (Å²) in [7, 11) is 0. The number of carbonyl (C=O) groups is 1. The molecule has 0 aliphatic carbocycles. The molecule has 0 fully saturated rings. The summed E-state index contributed by atoms with van der Waals surface area (Å²) >= 11 is 0. The number of phenolic OH excluding ortho intramolecular Hbond substituents is 1. The minimum atomic E-state index is -1.45. The molecule has 0 aliphatic rings. The minimum Gasteiger partial charge on any atom is -0.502 e. The molecule has 0 saturated heterocycles. The van der Waals surface area contributed by atoms with Gasteiger partial charge in [-0.05, 0) is 30.9 Å². The lowest BCUT2D eigenvalue weighted by Gasteiger charge is -2.15. The van der Waals surface area contributed by atoms with E-state index < -0.39 is 6.16 Å². The second-order valence-electron chi connectivity index (χ2n) is 6.34. The summed E-state index contributed by atoms with van der Waals surface area (Å²) in [6.07, 6.45) is 9.53. The number of ether oxygens (including phenoxy) is 2. The molecule has 1 aromatic rings. The van der Waals surface area contributed by atoms with Gasteiger partial charge in [0.05, 0.1) is 6.61 Å². The molecular formula is C20H32O5. The molecule has 0 heterocycles. The van der Waals surface area contributed by atoms with Crippen LogP contribution >= 0.6 is 0 Å². The lowest BCUT2D eigenvalue weighted by molar-refractivity contribution is 0.142. The maximum Gasteiger partial charge on any atom is 0.511 e. The third-order valence-electron chi connectivity index (χ3n) is 4.17. The fourth-order valence-electron chi connectivity index (χ4n) is 2.75. The predicted molar refractivity (Wildman–Crippen MR) is 98.9 cm³/mol. The number of benzene rings is 1.